The Bertz CT molecular complexity index is 329. The highest BCUT2D eigenvalue weighted by molar-refractivity contribution is 9.10. The molecule has 0 unspecified atom stereocenters. The van der Waals surface area contributed by atoms with Crippen LogP contribution < -0.4 is 4.74 Å². The molecule has 1 aromatic rings. The fourth-order valence-electron chi connectivity index (χ4n) is 2.06. The third-order valence-electron chi connectivity index (χ3n) is 2.93. The first-order chi connectivity index (χ1) is 7.25. The van der Waals surface area contributed by atoms with Gasteiger partial charge in [-0.15, -0.1) is 0 Å². The molecule has 1 aliphatic rings. The van der Waals surface area contributed by atoms with Crippen molar-refractivity contribution in [3.8, 4) is 5.75 Å². The van der Waals surface area contributed by atoms with Crippen LogP contribution in [0.15, 0.2) is 22.7 Å². The van der Waals surface area contributed by atoms with E-state index in [1.54, 1.807) is 0 Å². The molecular weight excluding hydrogens is 252 g/mol. The molecule has 1 nitrogen and oxygen atoms in total. The van der Waals surface area contributed by atoms with Gasteiger partial charge in [-0.2, -0.15) is 0 Å². The lowest BCUT2D eigenvalue weighted by atomic mass is 9.98. The van der Waals surface area contributed by atoms with E-state index in [1.165, 1.54) is 37.7 Å². The predicted octanol–water partition coefficient (Wildman–Crippen LogP) is 4.47. The van der Waals surface area contributed by atoms with Crippen molar-refractivity contribution in [2.24, 2.45) is 0 Å². The predicted molar refractivity (Wildman–Crippen MR) is 66.4 cm³/mol. The van der Waals surface area contributed by atoms with Crippen LogP contribution in [0.1, 0.15) is 37.7 Å². The van der Waals surface area contributed by atoms with Gasteiger partial charge in [0.1, 0.15) is 5.75 Å². The molecule has 0 amide bonds. The first-order valence-corrected chi connectivity index (χ1v) is 6.48. The second kappa shape index (κ2) is 5.02. The minimum Gasteiger partial charge on any atom is -0.489 e. The van der Waals surface area contributed by atoms with Gasteiger partial charge in [-0.25, -0.2) is 0 Å². The standard InChI is InChI=1S/C13H17BrO/c1-10-7-8-13(12(14)9-10)15-11-5-3-2-4-6-11/h7-9,11H,2-6H2,1H3. The van der Waals surface area contributed by atoms with E-state index < -0.39 is 0 Å². The number of halogens is 1. The fourth-order valence-corrected chi connectivity index (χ4v) is 2.65. The Labute approximate surface area is 100.0 Å². The molecule has 0 bridgehead atoms. The lowest BCUT2D eigenvalue weighted by Gasteiger charge is -2.23. The van der Waals surface area contributed by atoms with Crippen LogP contribution in [0.25, 0.3) is 0 Å². The molecule has 0 radical (unpaired) electrons. The Morgan fingerprint density at radius 3 is 2.60 bits per heavy atom. The summed E-state index contributed by atoms with van der Waals surface area (Å²) in [5.41, 5.74) is 1.26. The Balaban J connectivity index is 2.03. The molecule has 0 N–H and O–H groups in total. The van der Waals surface area contributed by atoms with E-state index in [0.717, 1.165) is 10.2 Å². The fraction of sp³-hybridized carbons (Fsp3) is 0.538. The first kappa shape index (κ1) is 11.0. The molecule has 2 rings (SSSR count). The van der Waals surface area contributed by atoms with Gasteiger partial charge in [0.15, 0.2) is 0 Å². The first-order valence-electron chi connectivity index (χ1n) is 5.68. The van der Waals surface area contributed by atoms with Gasteiger partial charge in [-0.1, -0.05) is 12.5 Å². The van der Waals surface area contributed by atoms with Crippen molar-refractivity contribution in [3.05, 3.63) is 28.2 Å². The van der Waals surface area contributed by atoms with E-state index in [9.17, 15) is 0 Å². The molecule has 1 aromatic carbocycles. The molecule has 0 heterocycles. The molecule has 0 saturated heterocycles. The quantitative estimate of drug-likeness (QED) is 0.769. The maximum atomic E-state index is 5.99. The van der Waals surface area contributed by atoms with Crippen molar-refractivity contribution >= 4 is 15.9 Å². The smallest absolute Gasteiger partial charge is 0.133 e. The summed E-state index contributed by atoms with van der Waals surface area (Å²) in [7, 11) is 0. The number of rotatable bonds is 2. The highest BCUT2D eigenvalue weighted by Crippen LogP contribution is 2.29. The van der Waals surface area contributed by atoms with Crippen molar-refractivity contribution < 1.29 is 4.74 Å². The van der Waals surface area contributed by atoms with E-state index in [1.807, 2.05) is 0 Å². The second-order valence-corrected chi connectivity index (χ2v) is 5.17. The van der Waals surface area contributed by atoms with Crippen molar-refractivity contribution in [1.82, 2.24) is 0 Å². The minimum absolute atomic E-state index is 0.428. The number of benzene rings is 1. The Morgan fingerprint density at radius 2 is 1.93 bits per heavy atom. The van der Waals surface area contributed by atoms with Crippen molar-refractivity contribution in [2.75, 3.05) is 0 Å². The molecule has 2 heteroatoms. The Kier molecular flexibility index (Phi) is 3.68. The van der Waals surface area contributed by atoms with Gasteiger partial charge in [0.05, 0.1) is 10.6 Å². The van der Waals surface area contributed by atoms with Gasteiger partial charge < -0.3 is 4.74 Å². The van der Waals surface area contributed by atoms with Crippen LogP contribution in [0.3, 0.4) is 0 Å². The summed E-state index contributed by atoms with van der Waals surface area (Å²) in [6.07, 6.45) is 6.84. The lowest BCUT2D eigenvalue weighted by molar-refractivity contribution is 0.154. The molecular formula is C13H17BrO. The van der Waals surface area contributed by atoms with Crippen LogP contribution in [0.5, 0.6) is 5.75 Å². The Hall–Kier alpha value is -0.500. The highest BCUT2D eigenvalue weighted by atomic mass is 79.9. The van der Waals surface area contributed by atoms with Gasteiger partial charge in [-0.05, 0) is 66.2 Å². The lowest BCUT2D eigenvalue weighted by Crippen LogP contribution is -2.19. The summed E-state index contributed by atoms with van der Waals surface area (Å²) in [6.45, 7) is 2.09. The zero-order valence-corrected chi connectivity index (χ0v) is 10.7. The maximum Gasteiger partial charge on any atom is 0.133 e. The number of ether oxygens (including phenoxy) is 1. The summed E-state index contributed by atoms with van der Waals surface area (Å²) < 4.78 is 7.07. The Morgan fingerprint density at radius 1 is 1.20 bits per heavy atom. The molecule has 0 spiro atoms. The van der Waals surface area contributed by atoms with Crippen LogP contribution in [0.4, 0.5) is 0 Å². The molecule has 1 saturated carbocycles. The number of hydrogen-bond donors (Lipinski definition) is 0. The summed E-state index contributed by atoms with van der Waals surface area (Å²) in [5.74, 6) is 0.993. The molecule has 0 aliphatic heterocycles. The summed E-state index contributed by atoms with van der Waals surface area (Å²) >= 11 is 3.55. The molecule has 0 aromatic heterocycles. The molecule has 1 fully saturated rings. The number of aryl methyl sites for hydroxylation is 1. The van der Waals surface area contributed by atoms with E-state index in [2.05, 4.69) is 41.1 Å². The SMILES string of the molecule is Cc1ccc(OC2CCCCC2)c(Br)c1. The summed E-state index contributed by atoms with van der Waals surface area (Å²) in [4.78, 5) is 0. The average molecular weight is 269 g/mol. The molecule has 82 valence electrons. The van der Waals surface area contributed by atoms with Crippen molar-refractivity contribution in [3.63, 3.8) is 0 Å². The van der Waals surface area contributed by atoms with E-state index in [-0.39, 0.29) is 0 Å². The van der Waals surface area contributed by atoms with Crippen LogP contribution in [0.2, 0.25) is 0 Å². The normalized spacial score (nSPS) is 17.7. The van der Waals surface area contributed by atoms with Gasteiger partial charge in [0, 0.05) is 0 Å². The molecule has 1 aliphatic carbocycles. The minimum atomic E-state index is 0.428. The van der Waals surface area contributed by atoms with E-state index in [4.69, 9.17) is 4.74 Å². The molecule has 15 heavy (non-hydrogen) atoms. The topological polar surface area (TPSA) is 9.23 Å². The van der Waals surface area contributed by atoms with Crippen LogP contribution >= 0.6 is 15.9 Å². The zero-order chi connectivity index (χ0) is 10.7. The zero-order valence-electron chi connectivity index (χ0n) is 9.13. The van der Waals surface area contributed by atoms with Crippen LogP contribution in [-0.4, -0.2) is 6.10 Å². The van der Waals surface area contributed by atoms with Gasteiger partial charge >= 0.3 is 0 Å². The van der Waals surface area contributed by atoms with Gasteiger partial charge in [-0.3, -0.25) is 0 Å². The summed E-state index contributed by atoms with van der Waals surface area (Å²) in [6, 6.07) is 6.27. The largest absolute Gasteiger partial charge is 0.489 e. The van der Waals surface area contributed by atoms with Gasteiger partial charge in [0.25, 0.3) is 0 Å². The monoisotopic (exact) mass is 268 g/mol. The third kappa shape index (κ3) is 2.97. The third-order valence-corrected chi connectivity index (χ3v) is 3.55. The highest BCUT2D eigenvalue weighted by Gasteiger charge is 2.15. The van der Waals surface area contributed by atoms with Crippen molar-refractivity contribution in [2.45, 2.75) is 45.1 Å². The summed E-state index contributed by atoms with van der Waals surface area (Å²) in [5, 5.41) is 0. The average Bonchev–Trinajstić information content (AvgIpc) is 2.24. The van der Waals surface area contributed by atoms with E-state index >= 15 is 0 Å². The second-order valence-electron chi connectivity index (χ2n) is 4.31. The van der Waals surface area contributed by atoms with E-state index in [0.29, 0.717) is 6.10 Å². The number of hydrogen-bond acceptors (Lipinski definition) is 1. The van der Waals surface area contributed by atoms with Crippen molar-refractivity contribution in [1.29, 1.82) is 0 Å². The van der Waals surface area contributed by atoms with Crippen LogP contribution in [0, 0.1) is 6.92 Å². The maximum absolute atomic E-state index is 5.99. The van der Waals surface area contributed by atoms with Crippen LogP contribution in [-0.2, 0) is 0 Å². The molecule has 0 atom stereocenters. The van der Waals surface area contributed by atoms with Gasteiger partial charge in [0.2, 0.25) is 0 Å².